The van der Waals surface area contributed by atoms with E-state index in [1.165, 1.54) is 44.9 Å². The zero-order chi connectivity index (χ0) is 21.7. The molecule has 0 spiro atoms. The fourth-order valence-electron chi connectivity index (χ4n) is 9.08. The average molecular weight is 419 g/mol. The lowest BCUT2D eigenvalue weighted by Crippen LogP contribution is -2.54. The zero-order valence-corrected chi connectivity index (χ0v) is 20.2. The fourth-order valence-corrected chi connectivity index (χ4v) is 9.08. The number of hydrogen-bond acceptors (Lipinski definition) is 3. The molecule has 4 aliphatic carbocycles. The summed E-state index contributed by atoms with van der Waals surface area (Å²) in [5.74, 6) is 4.72. The lowest BCUT2D eigenvalue weighted by Gasteiger charge is -2.61. The quantitative estimate of drug-likeness (QED) is 0.527. The van der Waals surface area contributed by atoms with Crippen molar-refractivity contribution >= 4 is 5.97 Å². The number of carbonyl (C=O) groups excluding carboxylic acids is 1. The Balaban J connectivity index is 1.43. The Morgan fingerprint density at radius 3 is 2.40 bits per heavy atom. The van der Waals surface area contributed by atoms with Crippen molar-refractivity contribution in [1.29, 1.82) is 0 Å². The first kappa shape index (κ1) is 22.6. The number of fused-ring (bicyclic) bond motifs is 5. The van der Waals surface area contributed by atoms with Gasteiger partial charge in [0.25, 0.3) is 0 Å². The predicted molar refractivity (Wildman–Crippen MR) is 121 cm³/mol. The second-order valence-corrected chi connectivity index (χ2v) is 12.4. The smallest absolute Gasteiger partial charge is 0.306 e. The van der Waals surface area contributed by atoms with Crippen LogP contribution in [-0.2, 0) is 9.53 Å². The average Bonchev–Trinajstić information content (AvgIpc) is 3.03. The molecule has 0 amide bonds. The molecule has 0 bridgehead atoms. The molecule has 0 aromatic carbocycles. The van der Waals surface area contributed by atoms with Crippen LogP contribution in [0.3, 0.4) is 0 Å². The number of hydrogen-bond donors (Lipinski definition) is 1. The first-order valence-corrected chi connectivity index (χ1v) is 13.0. The maximum absolute atomic E-state index is 12.1. The molecule has 9 atom stereocenters. The van der Waals surface area contributed by atoms with Crippen molar-refractivity contribution < 1.29 is 14.6 Å². The molecule has 4 saturated carbocycles. The lowest BCUT2D eigenvalue weighted by molar-refractivity contribution is -0.148. The summed E-state index contributed by atoms with van der Waals surface area (Å²) in [6.07, 6.45) is 13.0. The molecule has 0 aromatic heterocycles. The van der Waals surface area contributed by atoms with E-state index in [9.17, 15) is 9.90 Å². The first-order valence-electron chi connectivity index (χ1n) is 13.0. The molecule has 1 N–H and O–H groups in total. The van der Waals surface area contributed by atoms with Crippen LogP contribution in [0.4, 0.5) is 0 Å². The number of rotatable bonds is 5. The molecule has 30 heavy (non-hydrogen) atoms. The monoisotopic (exact) mass is 418 g/mol. The summed E-state index contributed by atoms with van der Waals surface area (Å²) >= 11 is 0. The second kappa shape index (κ2) is 8.41. The van der Waals surface area contributed by atoms with Gasteiger partial charge in [0.05, 0.1) is 12.2 Å². The Kier molecular flexibility index (Phi) is 6.34. The highest BCUT2D eigenvalue weighted by atomic mass is 16.5. The van der Waals surface area contributed by atoms with Crippen LogP contribution in [0.1, 0.15) is 105 Å². The van der Waals surface area contributed by atoms with Gasteiger partial charge in [-0.3, -0.25) is 4.79 Å². The molecule has 4 rings (SSSR count). The van der Waals surface area contributed by atoms with Crippen LogP contribution in [0.5, 0.6) is 0 Å². The Morgan fingerprint density at radius 1 is 0.967 bits per heavy atom. The van der Waals surface area contributed by atoms with E-state index in [0.29, 0.717) is 23.2 Å². The Bertz CT molecular complexity index is 630. The molecule has 0 radical (unpaired) electrons. The molecule has 0 heterocycles. The molecule has 3 heteroatoms. The topological polar surface area (TPSA) is 46.5 Å². The number of carbonyl (C=O) groups is 1. The standard InChI is InChI=1S/C27H46O3/c1-17(2)30-25(29)11-6-18(3)22-9-10-23-21-8-7-19-16-20(28)12-14-26(19,4)24(21)13-15-27(22,23)5/h17-24,28H,6-16H2,1-5H3/t18-,19-,20-,21+,22-,23+,24+,26+,27-/m1/s1. The van der Waals surface area contributed by atoms with Gasteiger partial charge in [-0.05, 0) is 124 Å². The van der Waals surface area contributed by atoms with Crippen molar-refractivity contribution in [3.63, 3.8) is 0 Å². The molecule has 172 valence electrons. The third-order valence-electron chi connectivity index (χ3n) is 10.6. The molecular formula is C27H46O3. The first-order chi connectivity index (χ1) is 14.1. The summed E-state index contributed by atoms with van der Waals surface area (Å²) in [6, 6.07) is 0. The highest BCUT2D eigenvalue weighted by Crippen LogP contribution is 2.68. The van der Waals surface area contributed by atoms with Gasteiger partial charge in [-0.25, -0.2) is 0 Å². The molecule has 0 unspecified atom stereocenters. The lowest BCUT2D eigenvalue weighted by atomic mass is 9.44. The van der Waals surface area contributed by atoms with E-state index in [1.807, 2.05) is 13.8 Å². The molecule has 0 aliphatic heterocycles. The van der Waals surface area contributed by atoms with E-state index in [1.54, 1.807) is 0 Å². The van der Waals surface area contributed by atoms with Crippen LogP contribution in [0, 0.1) is 46.3 Å². The molecule has 0 aromatic rings. The Morgan fingerprint density at radius 2 is 1.67 bits per heavy atom. The highest BCUT2D eigenvalue weighted by Gasteiger charge is 2.60. The maximum atomic E-state index is 12.1. The SMILES string of the molecule is CC(C)OC(=O)CC[C@@H](C)[C@H]1CC[C@H]2[C@@H]3CC[C@@H]4C[C@H](O)CC[C@]4(C)[C@H]3CC[C@]12C. The summed E-state index contributed by atoms with van der Waals surface area (Å²) in [5, 5.41) is 10.3. The van der Waals surface area contributed by atoms with Gasteiger partial charge in [0, 0.05) is 6.42 Å². The van der Waals surface area contributed by atoms with E-state index in [-0.39, 0.29) is 18.2 Å². The van der Waals surface area contributed by atoms with Crippen LogP contribution < -0.4 is 0 Å². The Hall–Kier alpha value is -0.570. The molecule has 0 saturated heterocycles. The van der Waals surface area contributed by atoms with Crippen LogP contribution in [0.15, 0.2) is 0 Å². The van der Waals surface area contributed by atoms with E-state index < -0.39 is 0 Å². The van der Waals surface area contributed by atoms with Crippen molar-refractivity contribution in [1.82, 2.24) is 0 Å². The van der Waals surface area contributed by atoms with Crippen LogP contribution >= 0.6 is 0 Å². The number of esters is 1. The minimum Gasteiger partial charge on any atom is -0.463 e. The van der Waals surface area contributed by atoms with Gasteiger partial charge in [0.1, 0.15) is 0 Å². The maximum Gasteiger partial charge on any atom is 0.306 e. The van der Waals surface area contributed by atoms with Crippen LogP contribution in [0.2, 0.25) is 0 Å². The van der Waals surface area contributed by atoms with Crippen molar-refractivity contribution in [3.8, 4) is 0 Å². The van der Waals surface area contributed by atoms with E-state index in [0.717, 1.165) is 48.9 Å². The summed E-state index contributed by atoms with van der Waals surface area (Å²) < 4.78 is 5.38. The largest absolute Gasteiger partial charge is 0.463 e. The number of aliphatic hydroxyl groups excluding tert-OH is 1. The summed E-state index contributed by atoms with van der Waals surface area (Å²) in [6.45, 7) is 11.5. The van der Waals surface area contributed by atoms with Gasteiger partial charge < -0.3 is 9.84 Å². The van der Waals surface area contributed by atoms with E-state index in [2.05, 4.69) is 20.8 Å². The van der Waals surface area contributed by atoms with Gasteiger partial charge in [-0.15, -0.1) is 0 Å². The Labute approximate surface area is 184 Å². The van der Waals surface area contributed by atoms with Crippen molar-refractivity contribution in [2.24, 2.45) is 46.3 Å². The molecule has 3 nitrogen and oxygen atoms in total. The zero-order valence-electron chi connectivity index (χ0n) is 20.2. The van der Waals surface area contributed by atoms with Crippen LogP contribution in [0.25, 0.3) is 0 Å². The van der Waals surface area contributed by atoms with Crippen molar-refractivity contribution in [3.05, 3.63) is 0 Å². The van der Waals surface area contributed by atoms with E-state index >= 15 is 0 Å². The minimum atomic E-state index is -0.0485. The van der Waals surface area contributed by atoms with E-state index in [4.69, 9.17) is 4.74 Å². The molecule has 4 aliphatic rings. The normalized spacial score (nSPS) is 46.6. The van der Waals surface area contributed by atoms with Crippen LogP contribution in [-0.4, -0.2) is 23.3 Å². The molecule has 4 fully saturated rings. The van der Waals surface area contributed by atoms with Gasteiger partial charge in [0.2, 0.25) is 0 Å². The molecular weight excluding hydrogens is 372 g/mol. The number of aliphatic hydroxyl groups is 1. The number of ether oxygens (including phenoxy) is 1. The fraction of sp³-hybridized carbons (Fsp3) is 0.963. The van der Waals surface area contributed by atoms with Crippen molar-refractivity contribution in [2.45, 2.75) is 117 Å². The second-order valence-electron chi connectivity index (χ2n) is 12.4. The third kappa shape index (κ3) is 3.86. The highest BCUT2D eigenvalue weighted by molar-refractivity contribution is 5.69. The minimum absolute atomic E-state index is 0.00569. The van der Waals surface area contributed by atoms with Gasteiger partial charge in [-0.1, -0.05) is 20.8 Å². The third-order valence-corrected chi connectivity index (χ3v) is 10.6. The van der Waals surface area contributed by atoms with Crippen molar-refractivity contribution in [2.75, 3.05) is 0 Å². The summed E-state index contributed by atoms with van der Waals surface area (Å²) in [5.41, 5.74) is 0.924. The summed E-state index contributed by atoms with van der Waals surface area (Å²) in [7, 11) is 0. The summed E-state index contributed by atoms with van der Waals surface area (Å²) in [4.78, 5) is 12.1. The predicted octanol–water partition coefficient (Wildman–Crippen LogP) is 6.37. The van der Waals surface area contributed by atoms with Gasteiger partial charge >= 0.3 is 5.97 Å². The van der Waals surface area contributed by atoms with Gasteiger partial charge in [-0.2, -0.15) is 0 Å². The van der Waals surface area contributed by atoms with Gasteiger partial charge in [0.15, 0.2) is 0 Å².